The van der Waals surface area contributed by atoms with Crippen LogP contribution in [-0.4, -0.2) is 19.3 Å². The first kappa shape index (κ1) is 16.4. The van der Waals surface area contributed by atoms with Crippen LogP contribution in [0.1, 0.15) is 0 Å². The van der Waals surface area contributed by atoms with E-state index in [1.54, 1.807) is 0 Å². The molecule has 0 saturated heterocycles. The highest BCUT2D eigenvalue weighted by Gasteiger charge is 2.19. The smallest absolute Gasteiger partial charge is 0.328 e. The molecule has 3 heterocycles. The minimum Gasteiger partial charge on any atom is -0.388 e. The van der Waals surface area contributed by atoms with E-state index in [1.165, 1.54) is 0 Å². The molecule has 0 fully saturated rings. The Morgan fingerprint density at radius 3 is 1.03 bits per heavy atom. The molecule has 0 unspecified atom stereocenters. The normalized spacial score (nSPS) is 11.9. The second kappa shape index (κ2) is 6.06. The van der Waals surface area contributed by atoms with Gasteiger partial charge in [0.1, 0.15) is 0 Å². The number of nitrogens with zero attached hydrogens (tertiary/aromatic N) is 4. The number of para-hydroxylation sites is 4. The van der Waals surface area contributed by atoms with Crippen LogP contribution in [0.25, 0.3) is 55.6 Å². The minimum absolute atomic E-state index is 0.453. The summed E-state index contributed by atoms with van der Waals surface area (Å²) in [5.74, 6) is 0. The van der Waals surface area contributed by atoms with Crippen molar-refractivity contribution in [2.24, 2.45) is 0 Å². The van der Waals surface area contributed by atoms with Crippen molar-refractivity contribution in [3.63, 3.8) is 0 Å². The number of hydrogen-bond acceptors (Lipinski definition) is 3. The average molecular weight is 400 g/mol. The lowest BCUT2D eigenvalue weighted by Crippen LogP contribution is -1.94. The summed E-state index contributed by atoms with van der Waals surface area (Å²) in [6.45, 7) is 0. The largest absolute Gasteiger partial charge is 0.388 e. The molecule has 7 aromatic rings. The monoisotopic (exact) mass is 400 g/mol. The van der Waals surface area contributed by atoms with Crippen molar-refractivity contribution in [2.75, 3.05) is 0 Å². The Morgan fingerprint density at radius 2 is 0.710 bits per heavy atom. The van der Waals surface area contributed by atoms with E-state index in [9.17, 15) is 0 Å². The summed E-state index contributed by atoms with van der Waals surface area (Å²) >= 11 is 0. The van der Waals surface area contributed by atoms with Crippen LogP contribution in [-0.2, 0) is 0 Å². The summed E-state index contributed by atoms with van der Waals surface area (Å²) in [4.78, 5) is 0. The third-order valence-corrected chi connectivity index (χ3v) is 5.95. The zero-order chi connectivity index (χ0) is 20.4. The van der Waals surface area contributed by atoms with Gasteiger partial charge in [-0.15, -0.1) is 0 Å². The van der Waals surface area contributed by atoms with E-state index in [1.807, 2.05) is 33.4 Å². The van der Waals surface area contributed by atoms with Crippen LogP contribution < -0.4 is 0 Å². The van der Waals surface area contributed by atoms with Gasteiger partial charge in [0, 0.05) is 21.5 Å². The second-order valence-corrected chi connectivity index (χ2v) is 7.61. The lowest BCUT2D eigenvalue weighted by atomic mass is 10.2. The lowest BCUT2D eigenvalue weighted by molar-refractivity contribution is 0.515. The summed E-state index contributed by atoms with van der Waals surface area (Å²) in [6, 6.07) is 34.1. The molecule has 0 atom stereocenters. The number of fused-ring (bicyclic) bond motifs is 6. The maximum atomic E-state index is 6.31. The summed E-state index contributed by atoms with van der Waals surface area (Å²) in [5.41, 5.74) is 4.17. The first-order valence-corrected chi connectivity index (χ1v) is 10.2. The van der Waals surface area contributed by atoms with Crippen LogP contribution >= 0.6 is 0 Å². The van der Waals surface area contributed by atoms with E-state index in [-0.39, 0.29) is 0 Å². The first-order chi connectivity index (χ1) is 15.4. The summed E-state index contributed by atoms with van der Waals surface area (Å²) < 4.78 is 10.4. The molecule has 0 amide bonds. The molecule has 0 radical (unpaired) electrons. The highest BCUT2D eigenvalue weighted by molar-refractivity contribution is 6.09. The van der Waals surface area contributed by atoms with Crippen molar-refractivity contribution in [3.8, 4) is 12.0 Å². The van der Waals surface area contributed by atoms with Crippen LogP contribution in [0.15, 0.2) is 101 Å². The quantitative estimate of drug-likeness (QED) is 0.344. The van der Waals surface area contributed by atoms with Crippen molar-refractivity contribution in [1.82, 2.24) is 19.3 Å². The van der Waals surface area contributed by atoms with Crippen LogP contribution in [0.3, 0.4) is 0 Å². The van der Waals surface area contributed by atoms with E-state index in [0.717, 1.165) is 43.6 Å². The molecular formula is C26H16N4O. The maximum absolute atomic E-state index is 6.31. The Morgan fingerprint density at radius 1 is 0.419 bits per heavy atom. The molecule has 3 aromatic heterocycles. The van der Waals surface area contributed by atoms with Crippen LogP contribution in [0.2, 0.25) is 0 Å². The molecule has 7 rings (SSSR count). The van der Waals surface area contributed by atoms with Crippen molar-refractivity contribution in [2.45, 2.75) is 0 Å². The number of benzene rings is 4. The predicted octanol–water partition coefficient (Wildman–Crippen LogP) is 6.26. The molecule has 5 heteroatoms. The molecule has 0 aliphatic rings. The van der Waals surface area contributed by atoms with E-state index < -0.39 is 0 Å². The van der Waals surface area contributed by atoms with E-state index >= 15 is 0 Å². The Labute approximate surface area is 176 Å². The standard InChI is InChI=1S/C26H16N4O/c1-5-13-21-17(9-1)18-10-2-6-14-22(18)29(21)25-27-28-26(31-25)30-23-15-7-3-11-19(23)20-12-4-8-16-24(20)30/h1-16H. The van der Waals surface area contributed by atoms with Crippen molar-refractivity contribution in [3.05, 3.63) is 97.1 Å². The molecular weight excluding hydrogens is 384 g/mol. The Balaban J connectivity index is 1.53. The number of aromatic nitrogens is 4. The zero-order valence-corrected chi connectivity index (χ0v) is 16.4. The zero-order valence-electron chi connectivity index (χ0n) is 16.4. The van der Waals surface area contributed by atoms with Gasteiger partial charge in [-0.25, -0.2) is 0 Å². The van der Waals surface area contributed by atoms with Gasteiger partial charge in [0.05, 0.1) is 22.1 Å². The minimum atomic E-state index is 0.453. The molecule has 31 heavy (non-hydrogen) atoms. The van der Waals surface area contributed by atoms with Crippen LogP contribution in [0, 0.1) is 0 Å². The summed E-state index contributed by atoms with van der Waals surface area (Å²) in [7, 11) is 0. The van der Waals surface area contributed by atoms with Crippen molar-refractivity contribution in [1.29, 1.82) is 0 Å². The van der Waals surface area contributed by atoms with E-state index in [2.05, 4.69) is 83.0 Å². The van der Waals surface area contributed by atoms with Gasteiger partial charge in [0.25, 0.3) is 0 Å². The molecule has 0 spiro atoms. The van der Waals surface area contributed by atoms with Gasteiger partial charge in [-0.05, 0) is 24.3 Å². The summed E-state index contributed by atoms with van der Waals surface area (Å²) in [6.07, 6.45) is 0. The molecule has 5 nitrogen and oxygen atoms in total. The fourth-order valence-corrected chi connectivity index (χ4v) is 4.65. The molecule has 4 aromatic carbocycles. The molecule has 0 N–H and O–H groups in total. The molecule has 146 valence electrons. The first-order valence-electron chi connectivity index (χ1n) is 10.2. The molecule has 0 saturated carbocycles. The van der Waals surface area contributed by atoms with Gasteiger partial charge in [-0.2, -0.15) is 0 Å². The van der Waals surface area contributed by atoms with Gasteiger partial charge in [-0.1, -0.05) is 83.0 Å². The van der Waals surface area contributed by atoms with Gasteiger partial charge in [0.15, 0.2) is 0 Å². The Bertz CT molecular complexity index is 1520. The maximum Gasteiger partial charge on any atom is 0.328 e. The fourth-order valence-electron chi connectivity index (χ4n) is 4.65. The van der Waals surface area contributed by atoms with Crippen molar-refractivity contribution < 1.29 is 4.42 Å². The molecule has 0 bridgehead atoms. The number of rotatable bonds is 2. The topological polar surface area (TPSA) is 48.8 Å². The highest BCUT2D eigenvalue weighted by Crippen LogP contribution is 2.34. The fraction of sp³-hybridized carbons (Fsp3) is 0. The van der Waals surface area contributed by atoms with Gasteiger partial charge in [0.2, 0.25) is 0 Å². The lowest BCUT2D eigenvalue weighted by Gasteiger charge is -2.02. The average Bonchev–Trinajstić information content (AvgIpc) is 3.51. The van der Waals surface area contributed by atoms with Crippen LogP contribution in [0.4, 0.5) is 0 Å². The van der Waals surface area contributed by atoms with Gasteiger partial charge in [-0.3, -0.25) is 9.13 Å². The second-order valence-electron chi connectivity index (χ2n) is 7.61. The molecule has 0 aliphatic carbocycles. The predicted molar refractivity (Wildman–Crippen MR) is 123 cm³/mol. The third kappa shape index (κ3) is 2.20. The van der Waals surface area contributed by atoms with Crippen LogP contribution in [0.5, 0.6) is 0 Å². The SMILES string of the molecule is c1ccc2c(c1)c1ccccc1n2-c1nnc(-n2c3ccccc3c3ccccc32)o1. The van der Waals surface area contributed by atoms with E-state index in [0.29, 0.717) is 12.0 Å². The number of hydrogen-bond donors (Lipinski definition) is 0. The molecule has 0 aliphatic heterocycles. The summed E-state index contributed by atoms with van der Waals surface area (Å²) in [5, 5.41) is 13.6. The van der Waals surface area contributed by atoms with Gasteiger partial charge < -0.3 is 4.42 Å². The Hall–Kier alpha value is -4.38. The van der Waals surface area contributed by atoms with Crippen molar-refractivity contribution >= 4 is 43.6 Å². The van der Waals surface area contributed by atoms with E-state index in [4.69, 9.17) is 4.42 Å². The van der Waals surface area contributed by atoms with Gasteiger partial charge >= 0.3 is 12.0 Å². The highest BCUT2D eigenvalue weighted by atomic mass is 16.4. The third-order valence-electron chi connectivity index (χ3n) is 5.95. The Kier molecular flexibility index (Phi) is 3.21.